The highest BCUT2D eigenvalue weighted by atomic mass is 79.9. The number of ether oxygens (including phenoxy) is 1. The summed E-state index contributed by atoms with van der Waals surface area (Å²) in [5.74, 6) is 0.526. The van der Waals surface area contributed by atoms with Gasteiger partial charge in [0.2, 0.25) is 0 Å². The Hall–Kier alpha value is -2.24. The van der Waals surface area contributed by atoms with Gasteiger partial charge in [-0.1, -0.05) is 40.2 Å². The van der Waals surface area contributed by atoms with Gasteiger partial charge in [0, 0.05) is 33.6 Å². The van der Waals surface area contributed by atoms with Crippen LogP contribution in [0.2, 0.25) is 0 Å². The lowest BCUT2D eigenvalue weighted by atomic mass is 10.2. The minimum Gasteiger partial charge on any atom is -0.488 e. The number of hydrogen-bond donors (Lipinski definition) is 1. The summed E-state index contributed by atoms with van der Waals surface area (Å²) in [5, 5.41) is 2.19. The number of aromatic nitrogens is 1. The summed E-state index contributed by atoms with van der Waals surface area (Å²) < 4.78 is 20.6. The van der Waals surface area contributed by atoms with E-state index in [9.17, 15) is 4.39 Å². The van der Waals surface area contributed by atoms with E-state index in [-0.39, 0.29) is 12.4 Å². The molecule has 1 aromatic heterocycles. The maximum atomic E-state index is 13.7. The molecule has 5 heteroatoms. The lowest BCUT2D eigenvalue weighted by Gasteiger charge is -2.12. The van der Waals surface area contributed by atoms with E-state index in [4.69, 9.17) is 4.74 Å². The van der Waals surface area contributed by atoms with Crippen molar-refractivity contribution in [2.45, 2.75) is 19.7 Å². The zero-order chi connectivity index (χ0) is 17.5. The molecule has 25 heavy (non-hydrogen) atoms. The minimum atomic E-state index is -0.246. The van der Waals surface area contributed by atoms with Crippen molar-refractivity contribution in [1.29, 1.82) is 0 Å². The van der Waals surface area contributed by atoms with Crippen LogP contribution < -0.4 is 10.1 Å². The Balaban J connectivity index is 1.64. The van der Waals surface area contributed by atoms with Crippen molar-refractivity contribution in [1.82, 2.24) is 4.98 Å². The van der Waals surface area contributed by atoms with Crippen molar-refractivity contribution in [3.05, 3.63) is 94.0 Å². The number of rotatable bonds is 7. The summed E-state index contributed by atoms with van der Waals surface area (Å²) in [6, 6.07) is 16.6. The fourth-order valence-electron chi connectivity index (χ4n) is 2.53. The third-order valence-corrected chi connectivity index (χ3v) is 4.32. The number of nitrogens with zero attached hydrogens (tertiary/aromatic N) is 1. The standard InChI is InChI=1S/C20H18BrFN2O/c21-18-7-8-20(25-14-16-5-1-2-6-19(16)22)17(10-18)13-24-12-15-4-3-9-23-11-15/h1-11,24H,12-14H2/p+1. The van der Waals surface area contributed by atoms with Gasteiger partial charge in [0.25, 0.3) is 0 Å². The van der Waals surface area contributed by atoms with Crippen LogP contribution in [0.15, 0.2) is 71.5 Å². The average Bonchev–Trinajstić information content (AvgIpc) is 2.63. The normalized spacial score (nSPS) is 10.6. The van der Waals surface area contributed by atoms with Crippen LogP contribution >= 0.6 is 15.9 Å². The van der Waals surface area contributed by atoms with Crippen LogP contribution in [0, 0.1) is 5.82 Å². The molecule has 128 valence electrons. The van der Waals surface area contributed by atoms with Gasteiger partial charge in [0.1, 0.15) is 31.3 Å². The van der Waals surface area contributed by atoms with Crippen LogP contribution in [0.5, 0.6) is 5.75 Å². The molecule has 1 heterocycles. The lowest BCUT2D eigenvalue weighted by Crippen LogP contribution is -2.80. The summed E-state index contributed by atoms with van der Waals surface area (Å²) >= 11 is 3.50. The van der Waals surface area contributed by atoms with Gasteiger partial charge in [-0.15, -0.1) is 0 Å². The van der Waals surface area contributed by atoms with Crippen LogP contribution in [0.25, 0.3) is 0 Å². The van der Waals surface area contributed by atoms with Gasteiger partial charge < -0.3 is 10.1 Å². The number of halogens is 2. The Morgan fingerprint density at radius 1 is 1.00 bits per heavy atom. The van der Waals surface area contributed by atoms with E-state index in [1.54, 1.807) is 18.3 Å². The molecular weight excluding hydrogens is 383 g/mol. The van der Waals surface area contributed by atoms with Crippen molar-refractivity contribution in [3.63, 3.8) is 0 Å². The Morgan fingerprint density at radius 3 is 2.68 bits per heavy atom. The topological polar surface area (TPSA) is 38.7 Å². The Kier molecular flexibility index (Phi) is 6.14. The third-order valence-electron chi connectivity index (χ3n) is 3.83. The number of hydrogen-bond acceptors (Lipinski definition) is 2. The van der Waals surface area contributed by atoms with Gasteiger partial charge in [-0.25, -0.2) is 4.39 Å². The molecule has 0 unspecified atom stereocenters. The molecule has 2 aromatic carbocycles. The molecule has 0 radical (unpaired) electrons. The summed E-state index contributed by atoms with van der Waals surface area (Å²) in [4.78, 5) is 4.13. The number of pyridine rings is 1. The monoisotopic (exact) mass is 401 g/mol. The highest BCUT2D eigenvalue weighted by Gasteiger charge is 2.09. The number of quaternary nitrogens is 1. The smallest absolute Gasteiger partial charge is 0.129 e. The first-order chi connectivity index (χ1) is 12.2. The fourth-order valence-corrected chi connectivity index (χ4v) is 2.94. The van der Waals surface area contributed by atoms with E-state index in [2.05, 4.69) is 32.3 Å². The van der Waals surface area contributed by atoms with Gasteiger partial charge in [-0.3, -0.25) is 4.98 Å². The Bertz CT molecular complexity index is 827. The van der Waals surface area contributed by atoms with Crippen molar-refractivity contribution in [2.75, 3.05) is 0 Å². The van der Waals surface area contributed by atoms with Gasteiger partial charge in [0.15, 0.2) is 0 Å². The molecule has 2 N–H and O–H groups in total. The summed E-state index contributed by atoms with van der Waals surface area (Å²) in [6.07, 6.45) is 3.64. The fraction of sp³-hybridized carbons (Fsp3) is 0.150. The second-order valence-electron chi connectivity index (χ2n) is 5.69. The van der Waals surface area contributed by atoms with Crippen LogP contribution in [0.3, 0.4) is 0 Å². The Morgan fingerprint density at radius 2 is 1.88 bits per heavy atom. The molecule has 0 saturated heterocycles. The van der Waals surface area contributed by atoms with Crippen molar-refractivity contribution >= 4 is 15.9 Å². The van der Waals surface area contributed by atoms with E-state index < -0.39 is 0 Å². The van der Waals surface area contributed by atoms with Gasteiger partial charge in [-0.05, 0) is 30.3 Å². The zero-order valence-electron chi connectivity index (χ0n) is 13.7. The minimum absolute atomic E-state index is 0.212. The molecule has 0 aliphatic heterocycles. The molecule has 3 nitrogen and oxygen atoms in total. The van der Waals surface area contributed by atoms with E-state index in [1.807, 2.05) is 36.5 Å². The van der Waals surface area contributed by atoms with E-state index in [1.165, 1.54) is 11.6 Å². The second kappa shape index (κ2) is 8.74. The van der Waals surface area contributed by atoms with Crippen molar-refractivity contribution in [2.24, 2.45) is 0 Å². The highest BCUT2D eigenvalue weighted by molar-refractivity contribution is 9.10. The van der Waals surface area contributed by atoms with E-state index >= 15 is 0 Å². The van der Waals surface area contributed by atoms with Crippen LogP contribution in [0.4, 0.5) is 4.39 Å². The third kappa shape index (κ3) is 5.11. The average molecular weight is 402 g/mol. The molecule has 0 bridgehead atoms. The van der Waals surface area contributed by atoms with Crippen LogP contribution in [0.1, 0.15) is 16.7 Å². The maximum Gasteiger partial charge on any atom is 0.129 e. The maximum absolute atomic E-state index is 13.7. The largest absolute Gasteiger partial charge is 0.488 e. The molecule has 0 spiro atoms. The SMILES string of the molecule is Fc1ccccc1COc1ccc(Br)cc1C[NH2+]Cc1cccnc1. The van der Waals surface area contributed by atoms with E-state index in [0.29, 0.717) is 5.56 Å². The lowest BCUT2D eigenvalue weighted by molar-refractivity contribution is -0.686. The molecule has 3 rings (SSSR count). The zero-order valence-corrected chi connectivity index (χ0v) is 15.2. The van der Waals surface area contributed by atoms with Crippen molar-refractivity contribution in [3.8, 4) is 5.75 Å². The molecular formula is C20H19BrFN2O+. The molecule has 3 aromatic rings. The van der Waals surface area contributed by atoms with Gasteiger partial charge >= 0.3 is 0 Å². The molecule has 0 amide bonds. The molecule has 0 aliphatic rings. The number of benzene rings is 2. The predicted molar refractivity (Wildman–Crippen MR) is 98.4 cm³/mol. The first-order valence-corrected chi connectivity index (χ1v) is 8.87. The quantitative estimate of drug-likeness (QED) is 0.653. The Labute approximate surface area is 155 Å². The summed E-state index contributed by atoms with van der Waals surface area (Å²) in [6.45, 7) is 1.82. The van der Waals surface area contributed by atoms with Gasteiger partial charge in [-0.2, -0.15) is 0 Å². The van der Waals surface area contributed by atoms with Crippen LogP contribution in [-0.4, -0.2) is 4.98 Å². The summed E-state index contributed by atoms with van der Waals surface area (Å²) in [7, 11) is 0. The van der Waals surface area contributed by atoms with E-state index in [0.717, 1.165) is 28.9 Å². The molecule has 0 saturated carbocycles. The first-order valence-electron chi connectivity index (χ1n) is 8.07. The van der Waals surface area contributed by atoms with Crippen LogP contribution in [-0.2, 0) is 19.7 Å². The highest BCUT2D eigenvalue weighted by Crippen LogP contribution is 2.24. The number of nitrogens with two attached hydrogens (primary N) is 1. The molecule has 0 atom stereocenters. The first kappa shape index (κ1) is 17.6. The second-order valence-corrected chi connectivity index (χ2v) is 6.61. The predicted octanol–water partition coefficient (Wildman–Crippen LogP) is 3.83. The molecule has 0 aliphatic carbocycles. The molecule has 0 fully saturated rings. The van der Waals surface area contributed by atoms with Gasteiger partial charge in [0.05, 0.1) is 0 Å². The summed E-state index contributed by atoms with van der Waals surface area (Å²) in [5.41, 5.74) is 2.79. The van der Waals surface area contributed by atoms with Crippen molar-refractivity contribution < 1.29 is 14.4 Å².